The Labute approximate surface area is 180 Å². The van der Waals surface area contributed by atoms with Gasteiger partial charge in [0, 0.05) is 24.8 Å². The summed E-state index contributed by atoms with van der Waals surface area (Å²) in [5, 5.41) is 4.58. The maximum Gasteiger partial charge on any atom is 0.279 e. The molecule has 1 aliphatic heterocycles. The molecule has 1 saturated heterocycles. The maximum atomic E-state index is 12.9. The third-order valence-corrected chi connectivity index (χ3v) is 5.44. The molecule has 1 N–H and O–H groups in total. The van der Waals surface area contributed by atoms with Crippen LogP contribution in [0, 0.1) is 5.92 Å². The van der Waals surface area contributed by atoms with Crippen LogP contribution in [0.25, 0.3) is 22.4 Å². The third kappa shape index (κ3) is 3.97. The normalized spacial score (nSPS) is 14.9. The first kappa shape index (κ1) is 21.2. The van der Waals surface area contributed by atoms with Crippen molar-refractivity contribution in [3.8, 4) is 17.3 Å². The lowest BCUT2D eigenvalue weighted by atomic mass is 10.1. The van der Waals surface area contributed by atoms with Crippen LogP contribution in [-0.2, 0) is 6.42 Å². The van der Waals surface area contributed by atoms with E-state index in [1.165, 1.54) is 13.1 Å². The fraction of sp³-hybridized carbons (Fsp3) is 0.500. The molecule has 0 unspecified atom stereocenters. The second kappa shape index (κ2) is 8.22. The fourth-order valence-electron chi connectivity index (χ4n) is 3.79. The Morgan fingerprint density at radius 2 is 2.06 bits per heavy atom. The van der Waals surface area contributed by atoms with Crippen LogP contribution in [0.5, 0.6) is 5.88 Å². The van der Waals surface area contributed by atoms with Crippen LogP contribution in [0.1, 0.15) is 49.8 Å². The molecule has 9 heteroatoms. The Balaban J connectivity index is 1.86. The number of H-pyrrole nitrogens is 1. The number of hydrogen-bond acceptors (Lipinski definition) is 7. The van der Waals surface area contributed by atoms with E-state index >= 15 is 0 Å². The van der Waals surface area contributed by atoms with Gasteiger partial charge in [-0.15, -0.1) is 0 Å². The van der Waals surface area contributed by atoms with Crippen LogP contribution >= 0.6 is 0 Å². The van der Waals surface area contributed by atoms with Crippen molar-refractivity contribution in [1.29, 1.82) is 0 Å². The lowest BCUT2D eigenvalue weighted by molar-refractivity contribution is 0.101. The SMILES string of the molecule is CCc1c2nc(-c3cc(C(C)=O)cnc3OCC(C)C)[nH]c(=O)c2nn1C1CN(C)C1. The predicted molar refractivity (Wildman–Crippen MR) is 118 cm³/mol. The minimum absolute atomic E-state index is 0.122. The van der Waals surface area contributed by atoms with Crippen molar-refractivity contribution in [1.82, 2.24) is 29.6 Å². The van der Waals surface area contributed by atoms with Crippen molar-refractivity contribution in [3.05, 3.63) is 33.9 Å². The van der Waals surface area contributed by atoms with Gasteiger partial charge < -0.3 is 14.6 Å². The number of aromatic nitrogens is 5. The van der Waals surface area contributed by atoms with Gasteiger partial charge in [0.2, 0.25) is 5.88 Å². The summed E-state index contributed by atoms with van der Waals surface area (Å²) < 4.78 is 7.81. The summed E-state index contributed by atoms with van der Waals surface area (Å²) in [6, 6.07) is 1.91. The van der Waals surface area contributed by atoms with E-state index in [1.807, 2.05) is 25.5 Å². The number of fused-ring (bicyclic) bond motifs is 1. The van der Waals surface area contributed by atoms with Crippen molar-refractivity contribution in [3.63, 3.8) is 0 Å². The minimum atomic E-state index is -0.316. The highest BCUT2D eigenvalue weighted by Gasteiger charge is 2.29. The van der Waals surface area contributed by atoms with Crippen LogP contribution in [0.3, 0.4) is 0 Å². The van der Waals surface area contributed by atoms with E-state index in [-0.39, 0.29) is 17.4 Å². The highest BCUT2D eigenvalue weighted by molar-refractivity contribution is 5.95. The van der Waals surface area contributed by atoms with E-state index in [9.17, 15) is 9.59 Å². The maximum absolute atomic E-state index is 12.9. The molecular formula is C22H28N6O3. The molecule has 1 aliphatic rings. The highest BCUT2D eigenvalue weighted by atomic mass is 16.5. The number of nitrogens with one attached hydrogen (secondary N) is 1. The first-order valence-corrected chi connectivity index (χ1v) is 10.6. The number of rotatable bonds is 7. The van der Waals surface area contributed by atoms with E-state index in [2.05, 4.69) is 27.0 Å². The van der Waals surface area contributed by atoms with Gasteiger partial charge in [-0.2, -0.15) is 5.10 Å². The van der Waals surface area contributed by atoms with Gasteiger partial charge in [-0.25, -0.2) is 9.97 Å². The number of Topliss-reactive ketones (excluding diaryl/α,β-unsaturated/α-hetero) is 1. The summed E-state index contributed by atoms with van der Waals surface area (Å²) in [7, 11) is 2.06. The zero-order chi connectivity index (χ0) is 22.3. The van der Waals surface area contributed by atoms with E-state index in [4.69, 9.17) is 9.72 Å². The number of hydrogen-bond donors (Lipinski definition) is 1. The average Bonchev–Trinajstić information content (AvgIpc) is 3.08. The number of nitrogens with zero attached hydrogens (tertiary/aromatic N) is 5. The van der Waals surface area contributed by atoms with Gasteiger partial charge in [-0.3, -0.25) is 14.3 Å². The summed E-state index contributed by atoms with van der Waals surface area (Å²) in [6.45, 7) is 9.83. The molecule has 1 fully saturated rings. The Morgan fingerprint density at radius 3 is 2.68 bits per heavy atom. The molecule has 3 aromatic rings. The van der Waals surface area contributed by atoms with E-state index in [1.54, 1.807) is 6.07 Å². The number of carbonyl (C=O) groups is 1. The van der Waals surface area contributed by atoms with Gasteiger partial charge >= 0.3 is 0 Å². The third-order valence-electron chi connectivity index (χ3n) is 5.44. The molecular weight excluding hydrogens is 396 g/mol. The van der Waals surface area contributed by atoms with Crippen molar-refractivity contribution >= 4 is 16.8 Å². The van der Waals surface area contributed by atoms with Gasteiger partial charge in [0.25, 0.3) is 5.56 Å². The van der Waals surface area contributed by atoms with E-state index in [0.29, 0.717) is 52.8 Å². The molecule has 0 aliphatic carbocycles. The predicted octanol–water partition coefficient (Wildman–Crippen LogP) is 2.47. The molecule has 0 amide bonds. The van der Waals surface area contributed by atoms with Crippen LogP contribution in [0.4, 0.5) is 0 Å². The summed E-state index contributed by atoms with van der Waals surface area (Å²) >= 11 is 0. The Hall–Kier alpha value is -3.07. The number of pyridine rings is 1. The molecule has 3 aromatic heterocycles. The van der Waals surface area contributed by atoms with Gasteiger partial charge in [0.1, 0.15) is 11.3 Å². The molecule has 0 bridgehead atoms. The molecule has 164 valence electrons. The monoisotopic (exact) mass is 424 g/mol. The lowest BCUT2D eigenvalue weighted by Gasteiger charge is -2.36. The van der Waals surface area contributed by atoms with Gasteiger partial charge in [0.15, 0.2) is 11.3 Å². The largest absolute Gasteiger partial charge is 0.477 e. The van der Waals surface area contributed by atoms with E-state index in [0.717, 1.165) is 18.8 Å². The number of likely N-dealkylation sites (N-methyl/N-ethyl adjacent to an activating group) is 1. The molecule has 9 nitrogen and oxygen atoms in total. The zero-order valence-corrected chi connectivity index (χ0v) is 18.6. The lowest BCUT2D eigenvalue weighted by Crippen LogP contribution is -2.45. The quantitative estimate of drug-likeness (QED) is 0.581. The number of aromatic amines is 1. The molecule has 4 heterocycles. The minimum Gasteiger partial charge on any atom is -0.477 e. The second-order valence-electron chi connectivity index (χ2n) is 8.57. The van der Waals surface area contributed by atoms with Gasteiger partial charge in [0.05, 0.1) is 23.9 Å². The molecule has 0 atom stereocenters. The van der Waals surface area contributed by atoms with Gasteiger partial charge in [-0.1, -0.05) is 20.8 Å². The number of ether oxygens (including phenoxy) is 1. The Kier molecular flexibility index (Phi) is 5.62. The molecule has 4 rings (SSSR count). The van der Waals surface area contributed by atoms with Crippen LogP contribution in [0.2, 0.25) is 0 Å². The highest BCUT2D eigenvalue weighted by Crippen LogP contribution is 2.29. The molecule has 0 aromatic carbocycles. The number of carbonyl (C=O) groups excluding carboxylic acids is 1. The molecule has 0 spiro atoms. The van der Waals surface area contributed by atoms with Crippen LogP contribution in [-0.4, -0.2) is 62.2 Å². The average molecular weight is 425 g/mol. The number of ketones is 1. The van der Waals surface area contributed by atoms with Gasteiger partial charge in [-0.05, 0) is 32.4 Å². The van der Waals surface area contributed by atoms with E-state index < -0.39 is 0 Å². The van der Waals surface area contributed by atoms with Crippen molar-refractivity contribution in [2.75, 3.05) is 26.7 Å². The Bertz CT molecular complexity index is 1190. The van der Waals surface area contributed by atoms with Crippen LogP contribution < -0.4 is 10.3 Å². The first-order chi connectivity index (χ1) is 14.8. The molecule has 0 radical (unpaired) electrons. The Morgan fingerprint density at radius 1 is 1.32 bits per heavy atom. The topological polar surface area (TPSA) is 106 Å². The van der Waals surface area contributed by atoms with Crippen molar-refractivity contribution in [2.45, 2.75) is 40.2 Å². The van der Waals surface area contributed by atoms with Crippen molar-refractivity contribution in [2.24, 2.45) is 5.92 Å². The smallest absolute Gasteiger partial charge is 0.279 e. The summed E-state index contributed by atoms with van der Waals surface area (Å²) in [5.74, 6) is 0.838. The fourth-order valence-corrected chi connectivity index (χ4v) is 3.79. The van der Waals surface area contributed by atoms with Crippen LogP contribution in [0.15, 0.2) is 17.1 Å². The van der Waals surface area contributed by atoms with Crippen molar-refractivity contribution < 1.29 is 9.53 Å². The summed E-state index contributed by atoms with van der Waals surface area (Å²) in [5.41, 5.74) is 2.45. The molecule has 31 heavy (non-hydrogen) atoms. The standard InChI is InChI=1S/C22H28N6O3/c1-6-17-18-19(26-28(17)15-9-27(5)10-15)21(30)25-20(24-18)16-7-14(13(4)29)8-23-22(16)31-11-12(2)3/h7-8,12,15H,6,9-11H2,1-5H3,(H,24,25,30). The second-order valence-corrected chi connectivity index (χ2v) is 8.57. The summed E-state index contributed by atoms with van der Waals surface area (Å²) in [6.07, 6.45) is 2.19. The molecule has 0 saturated carbocycles. The zero-order valence-electron chi connectivity index (χ0n) is 18.6. The number of aryl methyl sites for hydroxylation is 1. The number of likely N-dealkylation sites (tertiary alicyclic amines) is 1. The summed E-state index contributed by atoms with van der Waals surface area (Å²) in [4.78, 5) is 39.0. The first-order valence-electron chi connectivity index (χ1n) is 10.6.